The minimum atomic E-state index is -0.726. The van der Waals surface area contributed by atoms with Crippen LogP contribution in [0, 0.1) is 0 Å². The van der Waals surface area contributed by atoms with Gasteiger partial charge in [-0.15, -0.1) is 0 Å². The fraction of sp³-hybridized carbons (Fsp3) is 0.438. The topological polar surface area (TPSA) is 40.5 Å². The molecule has 114 valence electrons. The van der Waals surface area contributed by atoms with E-state index in [-0.39, 0.29) is 5.91 Å². The zero-order chi connectivity index (χ0) is 15.5. The van der Waals surface area contributed by atoms with Crippen LogP contribution < -0.4 is 0 Å². The van der Waals surface area contributed by atoms with Gasteiger partial charge in [-0.3, -0.25) is 4.79 Å². The molecule has 1 aromatic rings. The number of hydrogen-bond acceptors (Lipinski definition) is 2. The standard InChI is InChI=1S/C16H19Cl2NO2/c1-19(11-16(21)8-2-3-9-16)15(20)7-5-12-4-6-13(17)10-14(12)18/h4-7,10,21H,2-3,8-9,11H2,1H3/b7-5+. The highest BCUT2D eigenvalue weighted by Crippen LogP contribution is 2.30. The van der Waals surface area contributed by atoms with Crippen LogP contribution in [-0.4, -0.2) is 35.1 Å². The maximum atomic E-state index is 12.1. The Kier molecular flexibility index (Phi) is 5.31. The van der Waals surface area contributed by atoms with E-state index < -0.39 is 5.60 Å². The molecule has 5 heteroatoms. The van der Waals surface area contributed by atoms with E-state index in [1.807, 2.05) is 0 Å². The molecule has 1 N–H and O–H groups in total. The van der Waals surface area contributed by atoms with E-state index in [0.29, 0.717) is 16.6 Å². The third-order valence-corrected chi connectivity index (χ3v) is 4.37. The van der Waals surface area contributed by atoms with Crippen molar-refractivity contribution in [1.29, 1.82) is 0 Å². The number of aliphatic hydroxyl groups is 1. The van der Waals surface area contributed by atoms with E-state index in [0.717, 1.165) is 31.2 Å². The predicted molar refractivity (Wildman–Crippen MR) is 86.6 cm³/mol. The zero-order valence-corrected chi connectivity index (χ0v) is 13.5. The predicted octanol–water partition coefficient (Wildman–Crippen LogP) is 3.77. The smallest absolute Gasteiger partial charge is 0.246 e. The van der Waals surface area contributed by atoms with Gasteiger partial charge in [0.2, 0.25) is 5.91 Å². The van der Waals surface area contributed by atoms with Crippen LogP contribution in [0.15, 0.2) is 24.3 Å². The van der Waals surface area contributed by atoms with Crippen molar-refractivity contribution in [2.75, 3.05) is 13.6 Å². The van der Waals surface area contributed by atoms with Gasteiger partial charge in [0.1, 0.15) is 0 Å². The molecule has 0 spiro atoms. The minimum Gasteiger partial charge on any atom is -0.388 e. The van der Waals surface area contributed by atoms with Crippen molar-refractivity contribution >= 4 is 35.2 Å². The molecule has 0 radical (unpaired) electrons. The van der Waals surface area contributed by atoms with Gasteiger partial charge in [-0.05, 0) is 36.6 Å². The molecule has 1 aliphatic rings. The van der Waals surface area contributed by atoms with E-state index in [4.69, 9.17) is 23.2 Å². The molecule has 0 heterocycles. The summed E-state index contributed by atoms with van der Waals surface area (Å²) in [4.78, 5) is 13.6. The first-order chi connectivity index (χ1) is 9.89. The second-order valence-corrected chi connectivity index (χ2v) is 6.47. The van der Waals surface area contributed by atoms with Crippen molar-refractivity contribution in [2.45, 2.75) is 31.3 Å². The highest BCUT2D eigenvalue weighted by Gasteiger charge is 2.32. The van der Waals surface area contributed by atoms with Crippen LogP contribution in [0.4, 0.5) is 0 Å². The quantitative estimate of drug-likeness (QED) is 0.855. The number of rotatable bonds is 4. The van der Waals surface area contributed by atoms with Gasteiger partial charge in [0.25, 0.3) is 0 Å². The fourth-order valence-electron chi connectivity index (χ4n) is 2.64. The first kappa shape index (κ1) is 16.3. The molecule has 0 saturated heterocycles. The molecule has 1 saturated carbocycles. The SMILES string of the molecule is CN(CC1(O)CCCC1)C(=O)/C=C/c1ccc(Cl)cc1Cl. The average molecular weight is 328 g/mol. The largest absolute Gasteiger partial charge is 0.388 e. The maximum absolute atomic E-state index is 12.1. The number of nitrogens with zero attached hydrogens (tertiary/aromatic N) is 1. The highest BCUT2D eigenvalue weighted by atomic mass is 35.5. The Hall–Kier alpha value is -1.03. The van der Waals surface area contributed by atoms with Crippen LogP contribution in [0.1, 0.15) is 31.2 Å². The number of hydrogen-bond donors (Lipinski definition) is 1. The molecule has 3 nitrogen and oxygen atoms in total. The molecule has 2 rings (SSSR count). The minimum absolute atomic E-state index is 0.152. The summed E-state index contributed by atoms with van der Waals surface area (Å²) < 4.78 is 0. The van der Waals surface area contributed by atoms with Gasteiger partial charge in [0.15, 0.2) is 0 Å². The molecule has 0 bridgehead atoms. The summed E-state index contributed by atoms with van der Waals surface area (Å²) in [6, 6.07) is 5.12. The van der Waals surface area contributed by atoms with Gasteiger partial charge in [-0.2, -0.15) is 0 Å². The first-order valence-electron chi connectivity index (χ1n) is 7.00. The Balaban J connectivity index is 1.98. The lowest BCUT2D eigenvalue weighted by Crippen LogP contribution is -2.41. The molecule has 0 aliphatic heterocycles. The Morgan fingerprint density at radius 1 is 1.38 bits per heavy atom. The summed E-state index contributed by atoms with van der Waals surface area (Å²) >= 11 is 11.9. The van der Waals surface area contributed by atoms with Gasteiger partial charge in [0, 0.05) is 29.7 Å². The molecule has 0 aromatic heterocycles. The van der Waals surface area contributed by atoms with E-state index in [9.17, 15) is 9.90 Å². The van der Waals surface area contributed by atoms with Crippen molar-refractivity contribution in [1.82, 2.24) is 4.90 Å². The van der Waals surface area contributed by atoms with E-state index >= 15 is 0 Å². The van der Waals surface area contributed by atoms with Crippen LogP contribution in [0.2, 0.25) is 10.0 Å². The number of carbonyl (C=O) groups excluding carboxylic acids is 1. The second kappa shape index (κ2) is 6.82. The number of benzene rings is 1. The fourth-order valence-corrected chi connectivity index (χ4v) is 3.11. The van der Waals surface area contributed by atoms with Crippen molar-refractivity contribution in [3.63, 3.8) is 0 Å². The van der Waals surface area contributed by atoms with Crippen LogP contribution in [0.3, 0.4) is 0 Å². The van der Waals surface area contributed by atoms with Gasteiger partial charge in [0.05, 0.1) is 5.60 Å². The Morgan fingerprint density at radius 3 is 2.67 bits per heavy atom. The summed E-state index contributed by atoms with van der Waals surface area (Å²) in [6.07, 6.45) is 6.70. The molecule has 1 fully saturated rings. The molecular formula is C16H19Cl2NO2. The van der Waals surface area contributed by atoms with E-state index in [1.54, 1.807) is 36.2 Å². The molecular weight excluding hydrogens is 309 g/mol. The Labute approximate surface area is 135 Å². The van der Waals surface area contributed by atoms with E-state index in [1.165, 1.54) is 6.08 Å². The number of amides is 1. The van der Waals surface area contributed by atoms with Crippen molar-refractivity contribution < 1.29 is 9.90 Å². The van der Waals surface area contributed by atoms with Crippen molar-refractivity contribution in [3.8, 4) is 0 Å². The molecule has 1 aliphatic carbocycles. The summed E-state index contributed by atoms with van der Waals surface area (Å²) in [6.45, 7) is 0.366. The van der Waals surface area contributed by atoms with E-state index in [2.05, 4.69) is 0 Å². The monoisotopic (exact) mass is 327 g/mol. The van der Waals surface area contributed by atoms with Crippen LogP contribution in [0.25, 0.3) is 6.08 Å². The van der Waals surface area contributed by atoms with Crippen LogP contribution >= 0.6 is 23.2 Å². The number of halogens is 2. The van der Waals surface area contributed by atoms with Gasteiger partial charge >= 0.3 is 0 Å². The first-order valence-corrected chi connectivity index (χ1v) is 7.76. The van der Waals surface area contributed by atoms with Crippen LogP contribution in [0.5, 0.6) is 0 Å². The lowest BCUT2D eigenvalue weighted by Gasteiger charge is -2.27. The van der Waals surface area contributed by atoms with Crippen LogP contribution in [-0.2, 0) is 4.79 Å². The van der Waals surface area contributed by atoms with Gasteiger partial charge < -0.3 is 10.0 Å². The summed E-state index contributed by atoms with van der Waals surface area (Å²) in [5.74, 6) is -0.152. The molecule has 1 amide bonds. The normalized spacial score (nSPS) is 17.3. The Morgan fingerprint density at radius 2 is 2.05 bits per heavy atom. The average Bonchev–Trinajstić information content (AvgIpc) is 2.83. The van der Waals surface area contributed by atoms with Crippen molar-refractivity contribution in [2.24, 2.45) is 0 Å². The number of carbonyl (C=O) groups is 1. The lowest BCUT2D eigenvalue weighted by atomic mass is 10.0. The maximum Gasteiger partial charge on any atom is 0.246 e. The second-order valence-electron chi connectivity index (χ2n) is 5.62. The summed E-state index contributed by atoms with van der Waals surface area (Å²) in [5, 5.41) is 11.4. The molecule has 1 aromatic carbocycles. The zero-order valence-electron chi connectivity index (χ0n) is 12.0. The van der Waals surface area contributed by atoms with Crippen molar-refractivity contribution in [3.05, 3.63) is 39.9 Å². The third kappa shape index (κ3) is 4.47. The third-order valence-electron chi connectivity index (χ3n) is 3.81. The Bertz CT molecular complexity index is 551. The highest BCUT2D eigenvalue weighted by molar-refractivity contribution is 6.35. The summed E-state index contributed by atoms with van der Waals surface area (Å²) in [7, 11) is 1.70. The molecule has 0 unspecified atom stereocenters. The van der Waals surface area contributed by atoms with Gasteiger partial charge in [-0.1, -0.05) is 42.1 Å². The molecule has 21 heavy (non-hydrogen) atoms. The number of likely N-dealkylation sites (N-methyl/N-ethyl adjacent to an activating group) is 1. The lowest BCUT2D eigenvalue weighted by molar-refractivity contribution is -0.127. The summed E-state index contributed by atoms with van der Waals surface area (Å²) in [5.41, 5.74) is 0.0123. The molecule has 0 atom stereocenters. The van der Waals surface area contributed by atoms with Gasteiger partial charge in [-0.25, -0.2) is 0 Å².